The quantitative estimate of drug-likeness (QED) is 0.704. The van der Waals surface area contributed by atoms with Gasteiger partial charge in [-0.15, -0.1) is 12.4 Å². The maximum Gasteiger partial charge on any atom is 0.131 e. The standard InChI is InChI=1S/C9H12FNO2.ClH/c1-5-2-3-6(10)8(9(5)13)7(11)4-12;/h2-3,7,12-13H,4,11H2,1H3;1H/t7-;/m1./s1. The number of aryl methyl sites for hydroxylation is 1. The molecule has 0 aliphatic carbocycles. The molecule has 0 heterocycles. The third-order valence-electron chi connectivity index (χ3n) is 1.93. The van der Waals surface area contributed by atoms with Gasteiger partial charge >= 0.3 is 0 Å². The zero-order valence-corrected chi connectivity index (χ0v) is 8.51. The Morgan fingerprint density at radius 3 is 2.57 bits per heavy atom. The third-order valence-corrected chi connectivity index (χ3v) is 1.93. The summed E-state index contributed by atoms with van der Waals surface area (Å²) in [6.07, 6.45) is 0. The highest BCUT2D eigenvalue weighted by molar-refractivity contribution is 5.85. The van der Waals surface area contributed by atoms with Crippen molar-refractivity contribution in [2.75, 3.05) is 6.61 Å². The molecule has 1 aromatic rings. The van der Waals surface area contributed by atoms with E-state index in [1.807, 2.05) is 0 Å². The van der Waals surface area contributed by atoms with Crippen molar-refractivity contribution in [3.8, 4) is 5.75 Å². The lowest BCUT2D eigenvalue weighted by Crippen LogP contribution is -2.16. The van der Waals surface area contributed by atoms with Gasteiger partial charge in [0.25, 0.3) is 0 Å². The predicted molar refractivity (Wildman–Crippen MR) is 54.1 cm³/mol. The molecule has 0 aliphatic rings. The number of hydrogen-bond acceptors (Lipinski definition) is 3. The minimum atomic E-state index is -0.875. The second kappa shape index (κ2) is 5.14. The normalized spacial score (nSPS) is 12.0. The van der Waals surface area contributed by atoms with Crippen LogP contribution in [-0.4, -0.2) is 16.8 Å². The molecule has 0 radical (unpaired) electrons. The van der Waals surface area contributed by atoms with Gasteiger partial charge < -0.3 is 15.9 Å². The Bertz CT molecular complexity index is 320. The summed E-state index contributed by atoms with van der Waals surface area (Å²) in [7, 11) is 0. The van der Waals surface area contributed by atoms with Crippen molar-refractivity contribution in [2.24, 2.45) is 5.73 Å². The van der Waals surface area contributed by atoms with Crippen molar-refractivity contribution in [2.45, 2.75) is 13.0 Å². The molecule has 0 amide bonds. The molecule has 1 aromatic carbocycles. The van der Waals surface area contributed by atoms with Crippen molar-refractivity contribution in [1.29, 1.82) is 0 Å². The van der Waals surface area contributed by atoms with Crippen molar-refractivity contribution in [3.05, 3.63) is 29.1 Å². The van der Waals surface area contributed by atoms with Crippen LogP contribution in [0.5, 0.6) is 5.75 Å². The van der Waals surface area contributed by atoms with Crippen LogP contribution in [-0.2, 0) is 0 Å². The van der Waals surface area contributed by atoms with E-state index in [9.17, 15) is 9.50 Å². The minimum absolute atomic E-state index is 0. The Labute approximate surface area is 87.8 Å². The van der Waals surface area contributed by atoms with Gasteiger partial charge in [-0.05, 0) is 18.6 Å². The van der Waals surface area contributed by atoms with Crippen LogP contribution in [0.2, 0.25) is 0 Å². The largest absolute Gasteiger partial charge is 0.507 e. The molecule has 0 saturated carbocycles. The van der Waals surface area contributed by atoms with Gasteiger partial charge in [-0.2, -0.15) is 0 Å². The molecule has 1 rings (SSSR count). The number of aliphatic hydroxyl groups is 1. The molecule has 0 unspecified atom stereocenters. The highest BCUT2D eigenvalue weighted by Gasteiger charge is 2.16. The summed E-state index contributed by atoms with van der Waals surface area (Å²) in [5, 5.41) is 18.2. The topological polar surface area (TPSA) is 66.5 Å². The summed E-state index contributed by atoms with van der Waals surface area (Å²) >= 11 is 0. The minimum Gasteiger partial charge on any atom is -0.507 e. The lowest BCUT2D eigenvalue weighted by Gasteiger charge is -2.13. The molecular weight excluding hydrogens is 209 g/mol. The zero-order chi connectivity index (χ0) is 10.0. The van der Waals surface area contributed by atoms with Gasteiger partial charge in [0.15, 0.2) is 0 Å². The molecule has 5 heteroatoms. The van der Waals surface area contributed by atoms with E-state index in [1.165, 1.54) is 12.1 Å². The number of phenols is 1. The first-order chi connectivity index (χ1) is 6.07. The average Bonchev–Trinajstić information content (AvgIpc) is 2.12. The second-order valence-corrected chi connectivity index (χ2v) is 2.92. The molecule has 3 nitrogen and oxygen atoms in total. The van der Waals surface area contributed by atoms with E-state index in [-0.39, 0.29) is 23.7 Å². The number of aromatic hydroxyl groups is 1. The summed E-state index contributed by atoms with van der Waals surface area (Å²) in [4.78, 5) is 0. The molecule has 0 saturated heterocycles. The third kappa shape index (κ3) is 2.35. The zero-order valence-electron chi connectivity index (χ0n) is 7.70. The molecule has 0 aromatic heterocycles. The van der Waals surface area contributed by atoms with Crippen LogP contribution in [0.3, 0.4) is 0 Å². The van der Waals surface area contributed by atoms with Crippen LogP contribution in [0, 0.1) is 12.7 Å². The fraction of sp³-hybridized carbons (Fsp3) is 0.333. The van der Waals surface area contributed by atoms with Gasteiger partial charge in [-0.1, -0.05) is 6.07 Å². The van der Waals surface area contributed by atoms with Crippen LogP contribution in [0.15, 0.2) is 12.1 Å². The summed E-state index contributed by atoms with van der Waals surface area (Å²) in [5.41, 5.74) is 5.93. The van der Waals surface area contributed by atoms with Gasteiger partial charge in [0.2, 0.25) is 0 Å². The maximum absolute atomic E-state index is 13.1. The van der Waals surface area contributed by atoms with E-state index in [0.29, 0.717) is 5.56 Å². The summed E-state index contributed by atoms with van der Waals surface area (Å²) in [6, 6.07) is 1.80. The van der Waals surface area contributed by atoms with E-state index in [4.69, 9.17) is 10.8 Å². The van der Waals surface area contributed by atoms with Gasteiger partial charge in [0.05, 0.1) is 12.6 Å². The average molecular weight is 222 g/mol. The van der Waals surface area contributed by atoms with Gasteiger partial charge in [0, 0.05) is 5.56 Å². The van der Waals surface area contributed by atoms with Crippen molar-refractivity contribution in [1.82, 2.24) is 0 Å². The van der Waals surface area contributed by atoms with Crippen LogP contribution in [0.4, 0.5) is 4.39 Å². The van der Waals surface area contributed by atoms with Crippen LogP contribution >= 0.6 is 12.4 Å². The lowest BCUT2D eigenvalue weighted by atomic mass is 10.0. The Morgan fingerprint density at radius 1 is 1.50 bits per heavy atom. The fourth-order valence-electron chi connectivity index (χ4n) is 1.14. The van der Waals surface area contributed by atoms with E-state index >= 15 is 0 Å². The molecule has 80 valence electrons. The highest BCUT2D eigenvalue weighted by Crippen LogP contribution is 2.28. The first kappa shape index (κ1) is 13.2. The Balaban J connectivity index is 0.00000169. The highest BCUT2D eigenvalue weighted by atomic mass is 35.5. The smallest absolute Gasteiger partial charge is 0.131 e. The molecule has 0 fully saturated rings. The summed E-state index contributed by atoms with van der Waals surface area (Å²) < 4.78 is 13.1. The Hall–Kier alpha value is -0.840. The number of halogens is 2. The first-order valence-electron chi connectivity index (χ1n) is 3.92. The number of phenolic OH excluding ortho intramolecular Hbond substituents is 1. The monoisotopic (exact) mass is 221 g/mol. The molecule has 14 heavy (non-hydrogen) atoms. The molecule has 0 aliphatic heterocycles. The van der Waals surface area contributed by atoms with Crippen LogP contribution in [0.25, 0.3) is 0 Å². The van der Waals surface area contributed by atoms with E-state index in [0.717, 1.165) is 0 Å². The first-order valence-corrected chi connectivity index (χ1v) is 3.92. The summed E-state index contributed by atoms with van der Waals surface area (Å²) in [5.74, 6) is -0.772. The van der Waals surface area contributed by atoms with Crippen LogP contribution < -0.4 is 5.73 Å². The van der Waals surface area contributed by atoms with Gasteiger partial charge in [-0.3, -0.25) is 0 Å². The van der Waals surface area contributed by atoms with Gasteiger partial charge in [-0.25, -0.2) is 4.39 Å². The van der Waals surface area contributed by atoms with Crippen LogP contribution in [0.1, 0.15) is 17.2 Å². The van der Waals surface area contributed by atoms with E-state index < -0.39 is 18.5 Å². The summed E-state index contributed by atoms with van der Waals surface area (Å²) in [6.45, 7) is 1.25. The fourth-order valence-corrected chi connectivity index (χ4v) is 1.14. The number of aliphatic hydroxyl groups excluding tert-OH is 1. The number of benzene rings is 1. The van der Waals surface area contributed by atoms with E-state index in [2.05, 4.69) is 0 Å². The second-order valence-electron chi connectivity index (χ2n) is 2.92. The Kier molecular flexibility index (Phi) is 4.83. The van der Waals surface area contributed by atoms with Crippen molar-refractivity contribution >= 4 is 12.4 Å². The SMILES string of the molecule is Cc1ccc(F)c([C@H](N)CO)c1O.Cl. The van der Waals surface area contributed by atoms with Crippen molar-refractivity contribution < 1.29 is 14.6 Å². The number of hydrogen-bond donors (Lipinski definition) is 3. The maximum atomic E-state index is 13.1. The molecule has 4 N–H and O–H groups in total. The number of nitrogens with two attached hydrogens (primary N) is 1. The molecular formula is C9H13ClFNO2. The molecule has 0 spiro atoms. The number of rotatable bonds is 2. The molecule has 0 bridgehead atoms. The molecule has 1 atom stereocenters. The van der Waals surface area contributed by atoms with Crippen molar-refractivity contribution in [3.63, 3.8) is 0 Å². The predicted octanol–water partition coefficient (Wildman–Crippen LogP) is 1.25. The van der Waals surface area contributed by atoms with E-state index in [1.54, 1.807) is 6.92 Å². The van der Waals surface area contributed by atoms with Gasteiger partial charge in [0.1, 0.15) is 11.6 Å². The Morgan fingerprint density at radius 2 is 2.07 bits per heavy atom. The lowest BCUT2D eigenvalue weighted by molar-refractivity contribution is 0.262.